The molecule has 0 radical (unpaired) electrons. The highest BCUT2D eigenvalue weighted by Gasteiger charge is 2.19. The third-order valence-corrected chi connectivity index (χ3v) is 3.49. The molecular formula is C15H32N2O. The summed E-state index contributed by atoms with van der Waals surface area (Å²) in [5.41, 5.74) is 0. The minimum atomic E-state index is 0.675. The Morgan fingerprint density at radius 3 is 2.61 bits per heavy atom. The van der Waals surface area contributed by atoms with Crippen LogP contribution >= 0.6 is 0 Å². The van der Waals surface area contributed by atoms with Crippen molar-refractivity contribution < 1.29 is 4.74 Å². The lowest BCUT2D eigenvalue weighted by molar-refractivity contribution is 0.0837. The van der Waals surface area contributed by atoms with Crippen LogP contribution in [0.1, 0.15) is 40.5 Å². The van der Waals surface area contributed by atoms with Crippen molar-refractivity contribution in [1.82, 2.24) is 10.2 Å². The third kappa shape index (κ3) is 7.34. The molecule has 108 valence electrons. The first kappa shape index (κ1) is 15.9. The van der Waals surface area contributed by atoms with Crippen LogP contribution in [0.15, 0.2) is 0 Å². The van der Waals surface area contributed by atoms with Crippen molar-refractivity contribution in [2.24, 2.45) is 11.8 Å². The smallest absolute Gasteiger partial charge is 0.0593 e. The van der Waals surface area contributed by atoms with Gasteiger partial charge in [-0.1, -0.05) is 27.7 Å². The Balaban J connectivity index is 2.07. The standard InChI is InChI=1S/C15H32N2O/c1-13(2)5-9-18-10-8-17-7-6-16-15(12-17)11-14(3)4/h13-16H,5-12H2,1-4H3. The van der Waals surface area contributed by atoms with Crippen LogP contribution in [-0.2, 0) is 4.74 Å². The zero-order valence-electron chi connectivity index (χ0n) is 12.7. The van der Waals surface area contributed by atoms with Gasteiger partial charge in [0.1, 0.15) is 0 Å². The molecule has 3 heteroatoms. The highest BCUT2D eigenvalue weighted by molar-refractivity contribution is 4.79. The topological polar surface area (TPSA) is 24.5 Å². The van der Waals surface area contributed by atoms with E-state index in [9.17, 15) is 0 Å². The van der Waals surface area contributed by atoms with E-state index in [-0.39, 0.29) is 0 Å². The van der Waals surface area contributed by atoms with Gasteiger partial charge >= 0.3 is 0 Å². The molecular weight excluding hydrogens is 224 g/mol. The molecule has 0 aromatic rings. The lowest BCUT2D eigenvalue weighted by Gasteiger charge is -2.34. The van der Waals surface area contributed by atoms with Crippen molar-refractivity contribution in [3.8, 4) is 0 Å². The second-order valence-corrected chi connectivity index (χ2v) is 6.38. The fourth-order valence-corrected chi connectivity index (χ4v) is 2.44. The van der Waals surface area contributed by atoms with Gasteiger partial charge in [0.15, 0.2) is 0 Å². The van der Waals surface area contributed by atoms with Gasteiger partial charge in [-0.05, 0) is 24.7 Å². The fraction of sp³-hybridized carbons (Fsp3) is 1.00. The molecule has 3 nitrogen and oxygen atoms in total. The fourth-order valence-electron chi connectivity index (χ4n) is 2.44. The van der Waals surface area contributed by atoms with Crippen molar-refractivity contribution >= 4 is 0 Å². The number of rotatable bonds is 8. The van der Waals surface area contributed by atoms with E-state index in [1.165, 1.54) is 25.9 Å². The molecule has 1 aliphatic rings. The van der Waals surface area contributed by atoms with Gasteiger partial charge < -0.3 is 10.1 Å². The SMILES string of the molecule is CC(C)CCOCCN1CCNC(CC(C)C)C1. The highest BCUT2D eigenvalue weighted by atomic mass is 16.5. The Bertz CT molecular complexity index is 207. The van der Waals surface area contributed by atoms with Crippen LogP contribution in [-0.4, -0.2) is 50.3 Å². The summed E-state index contributed by atoms with van der Waals surface area (Å²) in [6.07, 6.45) is 2.46. The molecule has 1 atom stereocenters. The maximum absolute atomic E-state index is 5.70. The maximum atomic E-state index is 5.70. The number of hydrogen-bond acceptors (Lipinski definition) is 3. The zero-order valence-corrected chi connectivity index (χ0v) is 12.7. The molecule has 18 heavy (non-hydrogen) atoms. The second-order valence-electron chi connectivity index (χ2n) is 6.38. The van der Waals surface area contributed by atoms with E-state index < -0.39 is 0 Å². The largest absolute Gasteiger partial charge is 0.380 e. The second kappa shape index (κ2) is 8.89. The predicted molar refractivity (Wildman–Crippen MR) is 78.0 cm³/mol. The normalized spacial score (nSPS) is 22.0. The molecule has 0 bridgehead atoms. The molecule has 1 saturated heterocycles. The van der Waals surface area contributed by atoms with Crippen molar-refractivity contribution in [3.63, 3.8) is 0 Å². The van der Waals surface area contributed by atoms with Crippen molar-refractivity contribution in [1.29, 1.82) is 0 Å². The van der Waals surface area contributed by atoms with E-state index in [4.69, 9.17) is 4.74 Å². The zero-order chi connectivity index (χ0) is 13.4. The molecule has 1 heterocycles. The molecule has 1 aliphatic heterocycles. The summed E-state index contributed by atoms with van der Waals surface area (Å²) in [5.74, 6) is 1.53. The number of ether oxygens (including phenoxy) is 1. The Morgan fingerprint density at radius 2 is 1.94 bits per heavy atom. The Morgan fingerprint density at radius 1 is 1.17 bits per heavy atom. The van der Waals surface area contributed by atoms with Gasteiger partial charge in [-0.25, -0.2) is 0 Å². The molecule has 1 fully saturated rings. The van der Waals surface area contributed by atoms with Gasteiger partial charge in [0, 0.05) is 38.8 Å². The lowest BCUT2D eigenvalue weighted by Crippen LogP contribution is -2.51. The van der Waals surface area contributed by atoms with Gasteiger partial charge in [-0.3, -0.25) is 4.90 Å². The summed E-state index contributed by atoms with van der Waals surface area (Å²) >= 11 is 0. The minimum Gasteiger partial charge on any atom is -0.380 e. The molecule has 1 unspecified atom stereocenters. The molecule has 0 aromatic heterocycles. The Kier molecular flexibility index (Phi) is 7.87. The van der Waals surface area contributed by atoms with Crippen molar-refractivity contribution in [3.05, 3.63) is 0 Å². The van der Waals surface area contributed by atoms with Crippen molar-refractivity contribution in [2.75, 3.05) is 39.4 Å². The molecule has 0 aliphatic carbocycles. The molecule has 0 saturated carbocycles. The quantitative estimate of drug-likeness (QED) is 0.675. The predicted octanol–water partition coefficient (Wildman–Crippen LogP) is 2.37. The third-order valence-electron chi connectivity index (χ3n) is 3.49. The summed E-state index contributed by atoms with van der Waals surface area (Å²) in [6.45, 7) is 15.5. The monoisotopic (exact) mass is 256 g/mol. The lowest BCUT2D eigenvalue weighted by atomic mass is 10.0. The van der Waals surface area contributed by atoms with Crippen LogP contribution in [0.4, 0.5) is 0 Å². The summed E-state index contributed by atoms with van der Waals surface area (Å²) in [5, 5.41) is 3.61. The van der Waals surface area contributed by atoms with Crippen molar-refractivity contribution in [2.45, 2.75) is 46.6 Å². The first-order valence-corrected chi connectivity index (χ1v) is 7.61. The number of nitrogens with zero attached hydrogens (tertiary/aromatic N) is 1. The minimum absolute atomic E-state index is 0.675. The maximum Gasteiger partial charge on any atom is 0.0593 e. The highest BCUT2D eigenvalue weighted by Crippen LogP contribution is 2.09. The van der Waals surface area contributed by atoms with Crippen LogP contribution in [0.5, 0.6) is 0 Å². The number of piperazine rings is 1. The van der Waals surface area contributed by atoms with Crippen LogP contribution in [0.2, 0.25) is 0 Å². The van der Waals surface area contributed by atoms with E-state index in [2.05, 4.69) is 37.9 Å². The molecule has 0 aromatic carbocycles. The first-order valence-electron chi connectivity index (χ1n) is 7.61. The van der Waals surface area contributed by atoms with Gasteiger partial charge in [-0.15, -0.1) is 0 Å². The molecule has 0 amide bonds. The van der Waals surface area contributed by atoms with E-state index in [1.54, 1.807) is 0 Å². The molecule has 1 N–H and O–H groups in total. The van der Waals surface area contributed by atoms with Crippen LogP contribution in [0, 0.1) is 11.8 Å². The Hall–Kier alpha value is -0.120. The van der Waals surface area contributed by atoms with Gasteiger partial charge in [-0.2, -0.15) is 0 Å². The van der Waals surface area contributed by atoms with E-state index in [1.807, 2.05) is 0 Å². The van der Waals surface area contributed by atoms with Gasteiger partial charge in [0.2, 0.25) is 0 Å². The summed E-state index contributed by atoms with van der Waals surface area (Å²) in [7, 11) is 0. The van der Waals surface area contributed by atoms with E-state index in [0.29, 0.717) is 6.04 Å². The summed E-state index contributed by atoms with van der Waals surface area (Å²) in [6, 6.07) is 0.675. The van der Waals surface area contributed by atoms with Crippen LogP contribution in [0.25, 0.3) is 0 Å². The van der Waals surface area contributed by atoms with E-state index in [0.717, 1.165) is 38.1 Å². The van der Waals surface area contributed by atoms with Crippen LogP contribution < -0.4 is 5.32 Å². The van der Waals surface area contributed by atoms with E-state index >= 15 is 0 Å². The summed E-state index contributed by atoms with van der Waals surface area (Å²) < 4.78 is 5.70. The number of nitrogens with one attached hydrogen (secondary N) is 1. The summed E-state index contributed by atoms with van der Waals surface area (Å²) in [4.78, 5) is 2.54. The average molecular weight is 256 g/mol. The van der Waals surface area contributed by atoms with Gasteiger partial charge in [0.05, 0.1) is 6.61 Å². The Labute approximate surface area is 113 Å². The first-order chi connectivity index (χ1) is 8.58. The molecule has 0 spiro atoms. The van der Waals surface area contributed by atoms with Gasteiger partial charge in [0.25, 0.3) is 0 Å². The number of hydrogen-bond donors (Lipinski definition) is 1. The average Bonchev–Trinajstić information content (AvgIpc) is 2.27. The van der Waals surface area contributed by atoms with Crippen LogP contribution in [0.3, 0.4) is 0 Å². The molecule has 1 rings (SSSR count).